The summed E-state index contributed by atoms with van der Waals surface area (Å²) in [6.07, 6.45) is 5.35. The fourth-order valence-corrected chi connectivity index (χ4v) is 3.28. The summed E-state index contributed by atoms with van der Waals surface area (Å²) < 4.78 is 2.62. The highest BCUT2D eigenvalue weighted by Gasteiger charge is 2.30. The first-order valence-electron chi connectivity index (χ1n) is 8.60. The molecular formula is C19H22BBrN4O. The number of aryl methyl sites for hydroxylation is 1. The molecule has 1 amide bonds. The lowest BCUT2D eigenvalue weighted by molar-refractivity contribution is 0.102. The molecule has 0 unspecified atom stereocenters. The van der Waals surface area contributed by atoms with Crippen LogP contribution in [0.4, 0.5) is 5.69 Å². The molecule has 7 heteroatoms. The normalized spacial score (nSPS) is 12.8. The molecule has 0 saturated carbocycles. The van der Waals surface area contributed by atoms with Crippen molar-refractivity contribution in [2.24, 2.45) is 0 Å². The smallest absolute Gasteiger partial charge is 0.276 e. The summed E-state index contributed by atoms with van der Waals surface area (Å²) in [6, 6.07) is 7.63. The molecule has 1 aromatic heterocycles. The van der Waals surface area contributed by atoms with Gasteiger partial charge in [0.25, 0.3) is 12.6 Å². The lowest BCUT2D eigenvalue weighted by atomic mass is 9.45. The topological polar surface area (TPSA) is 70.7 Å². The third-order valence-corrected chi connectivity index (χ3v) is 4.78. The Labute approximate surface area is 163 Å². The molecule has 1 N–H and O–H groups in total. The number of rotatable bonds is 2. The predicted octanol–water partition coefficient (Wildman–Crippen LogP) is 4.44. The van der Waals surface area contributed by atoms with Crippen LogP contribution in [0.1, 0.15) is 35.6 Å². The molecule has 0 fully saturated rings. The number of anilines is 1. The molecule has 0 bridgehead atoms. The number of fused-ring (bicyclic) bond motifs is 1. The van der Waals surface area contributed by atoms with Gasteiger partial charge in [0.15, 0.2) is 4.73 Å². The number of hydrogen-bond donors (Lipinski definition) is 1. The van der Waals surface area contributed by atoms with E-state index in [0.717, 1.165) is 23.3 Å². The molecule has 1 aliphatic rings. The van der Waals surface area contributed by atoms with E-state index in [1.807, 2.05) is 61.8 Å². The number of aromatic nitrogens is 2. The minimum Gasteiger partial charge on any atom is -0.323 e. The molecule has 2 aromatic rings. The number of amides is 1. The molecule has 2 heterocycles. The third-order valence-electron chi connectivity index (χ3n) is 4.17. The number of nitrogens with one attached hydrogen (secondary N) is 1. The zero-order valence-corrected chi connectivity index (χ0v) is 16.9. The van der Waals surface area contributed by atoms with Crippen LogP contribution in [-0.2, 0) is 12.9 Å². The van der Waals surface area contributed by atoms with Gasteiger partial charge in [-0.2, -0.15) is 0 Å². The van der Waals surface area contributed by atoms with Gasteiger partial charge in [0, 0.05) is 23.9 Å². The van der Waals surface area contributed by atoms with E-state index in [1.165, 1.54) is 0 Å². The maximum absolute atomic E-state index is 12.5. The Morgan fingerprint density at radius 3 is 2.77 bits per heavy atom. The number of nitriles is 1. The minimum atomic E-state index is -0.237. The zero-order valence-electron chi connectivity index (χ0n) is 15.3. The van der Waals surface area contributed by atoms with Crippen molar-refractivity contribution in [1.82, 2.24) is 9.55 Å². The van der Waals surface area contributed by atoms with Crippen LogP contribution in [0.15, 0.2) is 41.2 Å². The monoisotopic (exact) mass is 412 g/mol. The minimum absolute atomic E-state index is 0.0541. The summed E-state index contributed by atoms with van der Waals surface area (Å²) in [5.41, 5.74) is 3.05. The van der Waals surface area contributed by atoms with E-state index in [4.69, 9.17) is 5.26 Å². The number of imidazole rings is 1. The number of carbonyl (C=O) groups is 1. The SMILES string of the molecule is C/C=C\C.Cc1cccc(NC(=O)c2nc(Br)n3c2CB(C#N)CC3)c1. The van der Waals surface area contributed by atoms with Crippen LogP contribution >= 0.6 is 15.9 Å². The largest absolute Gasteiger partial charge is 0.323 e. The number of hydrogen-bond acceptors (Lipinski definition) is 3. The molecule has 0 aliphatic carbocycles. The van der Waals surface area contributed by atoms with Crippen molar-refractivity contribution < 1.29 is 4.79 Å². The fourth-order valence-electron chi connectivity index (χ4n) is 2.72. The van der Waals surface area contributed by atoms with E-state index in [-0.39, 0.29) is 12.6 Å². The fraction of sp³-hybridized carbons (Fsp3) is 0.316. The first-order chi connectivity index (χ1) is 12.5. The Bertz CT molecular complexity index is 850. The average molecular weight is 413 g/mol. The van der Waals surface area contributed by atoms with Crippen LogP contribution in [0.2, 0.25) is 6.32 Å². The molecule has 134 valence electrons. The molecule has 5 nitrogen and oxygen atoms in total. The van der Waals surface area contributed by atoms with Gasteiger partial charge >= 0.3 is 0 Å². The number of allylic oxidation sites excluding steroid dienone is 2. The van der Waals surface area contributed by atoms with Gasteiger partial charge in [0.2, 0.25) is 0 Å². The van der Waals surface area contributed by atoms with Crippen LogP contribution < -0.4 is 5.32 Å². The van der Waals surface area contributed by atoms with Crippen LogP contribution in [-0.4, -0.2) is 22.2 Å². The quantitative estimate of drug-likeness (QED) is 0.585. The van der Waals surface area contributed by atoms with Gasteiger partial charge < -0.3 is 9.88 Å². The standard InChI is InChI=1S/C15H14BBrN4O.C4H8/c1-10-3-2-4-11(7-10)19-14(22)13-12-8-16(9-18)5-6-21(12)15(17)20-13;1-3-4-2/h2-4,7H,5-6,8H2,1H3,(H,19,22);3-4H,1-2H3/b;4-3-. The number of carbonyl (C=O) groups excluding carboxylic acids is 1. The molecular weight excluding hydrogens is 391 g/mol. The Morgan fingerprint density at radius 1 is 1.42 bits per heavy atom. The summed E-state index contributed by atoms with van der Waals surface area (Å²) in [4.78, 5) is 16.9. The Kier molecular flexibility index (Phi) is 7.22. The molecule has 1 aromatic carbocycles. The van der Waals surface area contributed by atoms with Crippen molar-refractivity contribution in [3.8, 4) is 5.97 Å². The van der Waals surface area contributed by atoms with Crippen molar-refractivity contribution in [1.29, 1.82) is 5.26 Å². The highest BCUT2D eigenvalue weighted by Crippen LogP contribution is 2.25. The van der Waals surface area contributed by atoms with Crippen molar-refractivity contribution in [3.05, 3.63) is 58.1 Å². The summed E-state index contributed by atoms with van der Waals surface area (Å²) in [5, 5.41) is 12.0. The van der Waals surface area contributed by atoms with Gasteiger partial charge in [-0.1, -0.05) is 24.3 Å². The van der Waals surface area contributed by atoms with Crippen molar-refractivity contribution in [3.63, 3.8) is 0 Å². The Morgan fingerprint density at radius 2 is 2.15 bits per heavy atom. The average Bonchev–Trinajstić information content (AvgIpc) is 2.98. The molecule has 1 aliphatic heterocycles. The predicted molar refractivity (Wildman–Crippen MR) is 109 cm³/mol. The van der Waals surface area contributed by atoms with E-state index >= 15 is 0 Å². The Balaban J connectivity index is 0.000000552. The second kappa shape index (κ2) is 9.39. The second-order valence-electron chi connectivity index (χ2n) is 6.14. The summed E-state index contributed by atoms with van der Waals surface area (Å²) >= 11 is 3.40. The first kappa shape index (κ1) is 20.0. The summed E-state index contributed by atoms with van der Waals surface area (Å²) in [6.45, 7) is 6.63. The van der Waals surface area contributed by atoms with Gasteiger partial charge in [0.1, 0.15) is 5.69 Å². The van der Waals surface area contributed by atoms with Crippen molar-refractivity contribution in [2.45, 2.75) is 40.0 Å². The first-order valence-corrected chi connectivity index (χ1v) is 9.39. The molecule has 26 heavy (non-hydrogen) atoms. The van der Waals surface area contributed by atoms with Crippen LogP contribution in [0, 0.1) is 18.2 Å². The maximum Gasteiger partial charge on any atom is 0.276 e. The van der Waals surface area contributed by atoms with Crippen molar-refractivity contribution >= 4 is 34.2 Å². The van der Waals surface area contributed by atoms with E-state index in [1.54, 1.807) is 0 Å². The highest BCUT2D eigenvalue weighted by molar-refractivity contribution is 9.10. The molecule has 3 rings (SSSR count). The molecule has 0 atom stereocenters. The lowest BCUT2D eigenvalue weighted by Crippen LogP contribution is -2.27. The molecule has 0 saturated heterocycles. The molecule has 0 spiro atoms. The van der Waals surface area contributed by atoms with Gasteiger partial charge in [-0.3, -0.25) is 4.79 Å². The third kappa shape index (κ3) is 4.86. The summed E-state index contributed by atoms with van der Waals surface area (Å²) in [7, 11) is 0. The number of halogens is 1. The van der Waals surface area contributed by atoms with Crippen molar-refractivity contribution in [2.75, 3.05) is 5.32 Å². The van der Waals surface area contributed by atoms with Crippen LogP contribution in [0.5, 0.6) is 0 Å². The van der Waals surface area contributed by atoms with Gasteiger partial charge in [-0.05, 0) is 67.0 Å². The van der Waals surface area contributed by atoms with E-state index < -0.39 is 0 Å². The van der Waals surface area contributed by atoms with Gasteiger partial charge in [-0.25, -0.2) is 10.2 Å². The number of nitrogens with zero attached hydrogens (tertiary/aromatic N) is 3. The lowest BCUT2D eigenvalue weighted by Gasteiger charge is -2.17. The molecule has 0 radical (unpaired) electrons. The summed E-state index contributed by atoms with van der Waals surface area (Å²) in [5.74, 6) is 2.05. The van der Waals surface area contributed by atoms with E-state index in [2.05, 4.69) is 32.2 Å². The number of benzene rings is 1. The van der Waals surface area contributed by atoms with Gasteiger partial charge in [-0.15, -0.1) is 0 Å². The van der Waals surface area contributed by atoms with Crippen LogP contribution in [0.3, 0.4) is 0 Å². The van der Waals surface area contributed by atoms with E-state index in [0.29, 0.717) is 23.3 Å². The Hall–Kier alpha value is -2.33. The maximum atomic E-state index is 12.5. The second-order valence-corrected chi connectivity index (χ2v) is 6.85. The van der Waals surface area contributed by atoms with Gasteiger partial charge in [0.05, 0.1) is 0 Å². The zero-order chi connectivity index (χ0) is 19.1. The van der Waals surface area contributed by atoms with E-state index in [9.17, 15) is 4.79 Å². The van der Waals surface area contributed by atoms with Crippen LogP contribution in [0.25, 0.3) is 0 Å². The highest BCUT2D eigenvalue weighted by atomic mass is 79.9.